The summed E-state index contributed by atoms with van der Waals surface area (Å²) >= 11 is 0. The molecule has 0 saturated carbocycles. The van der Waals surface area contributed by atoms with E-state index in [0.29, 0.717) is 12.5 Å². The molecule has 1 fully saturated rings. The Bertz CT molecular complexity index is 451. The molecule has 2 aliphatic heterocycles. The fourth-order valence-corrected chi connectivity index (χ4v) is 3.09. The first-order valence-corrected chi connectivity index (χ1v) is 7.07. The van der Waals surface area contributed by atoms with Crippen LogP contribution in [-0.2, 0) is 22.5 Å². The Morgan fingerprint density at radius 2 is 2.47 bits per heavy atom. The first kappa shape index (κ1) is 12.7. The molecule has 19 heavy (non-hydrogen) atoms. The van der Waals surface area contributed by atoms with Gasteiger partial charge in [0.25, 0.3) is 0 Å². The molecule has 0 unspecified atom stereocenters. The number of aromatic nitrogens is 2. The fourth-order valence-electron chi connectivity index (χ4n) is 3.09. The molecule has 1 amide bonds. The lowest BCUT2D eigenvalue weighted by molar-refractivity contribution is -0.134. The minimum Gasteiger partial charge on any atom is -0.381 e. The highest BCUT2D eigenvalue weighted by Gasteiger charge is 2.28. The van der Waals surface area contributed by atoms with Crippen LogP contribution in [0.1, 0.15) is 18.7 Å². The van der Waals surface area contributed by atoms with Crippen molar-refractivity contribution in [2.24, 2.45) is 11.8 Å². The predicted octanol–water partition coefficient (Wildman–Crippen LogP) is 0.940. The summed E-state index contributed by atoms with van der Waals surface area (Å²) in [6.07, 6.45) is 6.88. The molecule has 1 aromatic rings. The zero-order valence-electron chi connectivity index (χ0n) is 11.4. The fraction of sp³-hybridized carbons (Fsp3) is 0.714. The molecule has 2 atom stereocenters. The summed E-state index contributed by atoms with van der Waals surface area (Å²) in [6, 6.07) is 0. The van der Waals surface area contributed by atoms with Crippen molar-refractivity contribution in [2.45, 2.75) is 25.8 Å². The van der Waals surface area contributed by atoms with Crippen LogP contribution in [-0.4, -0.2) is 47.2 Å². The van der Waals surface area contributed by atoms with E-state index < -0.39 is 0 Å². The van der Waals surface area contributed by atoms with Gasteiger partial charge in [-0.3, -0.25) is 4.79 Å². The summed E-state index contributed by atoms with van der Waals surface area (Å²) in [6.45, 7) is 3.18. The van der Waals surface area contributed by atoms with Gasteiger partial charge in [0.1, 0.15) is 5.82 Å². The Morgan fingerprint density at radius 1 is 1.58 bits per heavy atom. The van der Waals surface area contributed by atoms with Gasteiger partial charge in [-0.15, -0.1) is 0 Å². The van der Waals surface area contributed by atoms with Crippen LogP contribution < -0.4 is 0 Å². The molecule has 3 rings (SSSR count). The molecule has 1 saturated heterocycles. The van der Waals surface area contributed by atoms with E-state index in [-0.39, 0.29) is 11.8 Å². The standard InChI is InChI=1S/C14H21N3O2/c1-16(14(18)12-3-7-19-10-12)9-11-2-5-17-6-4-15-13(17)8-11/h4,6,11-12H,2-3,5,7-10H2,1H3/t11-,12+/m0/s1. The highest BCUT2D eigenvalue weighted by atomic mass is 16.5. The molecule has 0 aliphatic carbocycles. The number of carbonyl (C=O) groups excluding carboxylic acids is 1. The number of rotatable bonds is 3. The van der Waals surface area contributed by atoms with Gasteiger partial charge in [-0.05, 0) is 18.8 Å². The predicted molar refractivity (Wildman–Crippen MR) is 70.6 cm³/mol. The summed E-state index contributed by atoms with van der Waals surface area (Å²) in [4.78, 5) is 18.5. The average Bonchev–Trinajstić information content (AvgIpc) is 3.08. The van der Waals surface area contributed by atoms with E-state index in [1.54, 1.807) is 0 Å². The van der Waals surface area contributed by atoms with Gasteiger partial charge in [-0.2, -0.15) is 0 Å². The van der Waals surface area contributed by atoms with Gasteiger partial charge >= 0.3 is 0 Å². The van der Waals surface area contributed by atoms with Gasteiger partial charge in [0, 0.05) is 45.6 Å². The molecule has 0 spiro atoms. The first-order chi connectivity index (χ1) is 9.24. The van der Waals surface area contributed by atoms with Crippen molar-refractivity contribution in [3.05, 3.63) is 18.2 Å². The van der Waals surface area contributed by atoms with Gasteiger partial charge in [0.2, 0.25) is 5.91 Å². The summed E-state index contributed by atoms with van der Waals surface area (Å²) in [7, 11) is 1.92. The topological polar surface area (TPSA) is 47.4 Å². The van der Waals surface area contributed by atoms with Crippen molar-refractivity contribution < 1.29 is 9.53 Å². The lowest BCUT2D eigenvalue weighted by atomic mass is 9.96. The molecule has 5 nitrogen and oxygen atoms in total. The lowest BCUT2D eigenvalue weighted by Gasteiger charge is -2.29. The van der Waals surface area contributed by atoms with Crippen LogP contribution in [0.25, 0.3) is 0 Å². The molecular formula is C14H21N3O2. The maximum absolute atomic E-state index is 12.2. The quantitative estimate of drug-likeness (QED) is 0.815. The Labute approximate surface area is 113 Å². The van der Waals surface area contributed by atoms with Gasteiger partial charge in [0.15, 0.2) is 0 Å². The first-order valence-electron chi connectivity index (χ1n) is 7.07. The number of fused-ring (bicyclic) bond motifs is 1. The molecule has 0 bridgehead atoms. The minimum atomic E-state index is 0.0792. The molecule has 1 aromatic heterocycles. The van der Waals surface area contributed by atoms with E-state index in [4.69, 9.17) is 4.74 Å². The zero-order valence-corrected chi connectivity index (χ0v) is 11.4. The second-order valence-electron chi connectivity index (χ2n) is 5.67. The Hall–Kier alpha value is -1.36. The van der Waals surface area contributed by atoms with Crippen LogP contribution in [0.4, 0.5) is 0 Å². The van der Waals surface area contributed by atoms with Gasteiger partial charge in [-0.1, -0.05) is 0 Å². The van der Waals surface area contributed by atoms with Crippen LogP contribution in [0.3, 0.4) is 0 Å². The monoisotopic (exact) mass is 263 g/mol. The van der Waals surface area contributed by atoms with E-state index >= 15 is 0 Å². The third-order valence-corrected chi connectivity index (χ3v) is 4.24. The van der Waals surface area contributed by atoms with E-state index in [1.807, 2.05) is 24.3 Å². The second kappa shape index (κ2) is 5.33. The minimum absolute atomic E-state index is 0.0792. The van der Waals surface area contributed by atoms with Crippen molar-refractivity contribution in [1.82, 2.24) is 14.5 Å². The van der Waals surface area contributed by atoms with E-state index in [0.717, 1.165) is 44.8 Å². The lowest BCUT2D eigenvalue weighted by Crippen LogP contribution is -2.38. The highest BCUT2D eigenvalue weighted by molar-refractivity contribution is 5.78. The summed E-state index contributed by atoms with van der Waals surface area (Å²) in [5.41, 5.74) is 0. The Kier molecular flexibility index (Phi) is 3.55. The number of hydrogen-bond donors (Lipinski definition) is 0. The second-order valence-corrected chi connectivity index (χ2v) is 5.67. The zero-order chi connectivity index (χ0) is 13.2. The maximum atomic E-state index is 12.2. The van der Waals surface area contributed by atoms with Crippen LogP contribution in [0.15, 0.2) is 12.4 Å². The normalized spacial score (nSPS) is 26.2. The summed E-state index contributed by atoms with van der Waals surface area (Å²) < 4.78 is 7.51. The molecule has 5 heteroatoms. The summed E-state index contributed by atoms with van der Waals surface area (Å²) in [5.74, 6) is 2.01. The number of nitrogens with zero attached hydrogens (tertiary/aromatic N) is 3. The van der Waals surface area contributed by atoms with Crippen molar-refractivity contribution in [3.63, 3.8) is 0 Å². The van der Waals surface area contributed by atoms with Crippen LogP contribution in [0, 0.1) is 11.8 Å². The van der Waals surface area contributed by atoms with E-state index in [2.05, 4.69) is 9.55 Å². The van der Waals surface area contributed by atoms with Crippen molar-refractivity contribution >= 4 is 5.91 Å². The third kappa shape index (κ3) is 2.66. The molecule has 3 heterocycles. The molecule has 104 valence electrons. The number of amides is 1. The molecule has 0 N–H and O–H groups in total. The van der Waals surface area contributed by atoms with E-state index in [1.165, 1.54) is 0 Å². The smallest absolute Gasteiger partial charge is 0.227 e. The Balaban J connectivity index is 1.55. The summed E-state index contributed by atoms with van der Waals surface area (Å²) in [5, 5.41) is 0. The maximum Gasteiger partial charge on any atom is 0.227 e. The Morgan fingerprint density at radius 3 is 3.26 bits per heavy atom. The van der Waals surface area contributed by atoms with Crippen LogP contribution >= 0.6 is 0 Å². The van der Waals surface area contributed by atoms with Crippen molar-refractivity contribution in [1.29, 1.82) is 0 Å². The van der Waals surface area contributed by atoms with Crippen LogP contribution in [0.5, 0.6) is 0 Å². The molecule has 0 aromatic carbocycles. The molecule has 0 radical (unpaired) electrons. The van der Waals surface area contributed by atoms with Gasteiger partial charge in [0.05, 0.1) is 12.5 Å². The van der Waals surface area contributed by atoms with Gasteiger partial charge in [-0.25, -0.2) is 4.98 Å². The third-order valence-electron chi connectivity index (χ3n) is 4.24. The largest absolute Gasteiger partial charge is 0.381 e. The van der Waals surface area contributed by atoms with Gasteiger partial charge < -0.3 is 14.2 Å². The van der Waals surface area contributed by atoms with Crippen LogP contribution in [0.2, 0.25) is 0 Å². The van der Waals surface area contributed by atoms with Crippen molar-refractivity contribution in [2.75, 3.05) is 26.8 Å². The van der Waals surface area contributed by atoms with Crippen molar-refractivity contribution in [3.8, 4) is 0 Å². The number of ether oxygens (including phenoxy) is 1. The SMILES string of the molecule is CN(C[C@H]1CCn2ccnc2C1)C(=O)[C@@H]1CCOC1. The number of carbonyl (C=O) groups is 1. The highest BCUT2D eigenvalue weighted by Crippen LogP contribution is 2.21. The van der Waals surface area contributed by atoms with E-state index in [9.17, 15) is 4.79 Å². The average molecular weight is 263 g/mol. The number of hydrogen-bond acceptors (Lipinski definition) is 3. The molecule has 2 aliphatic rings. The number of imidazole rings is 1. The molecular weight excluding hydrogens is 242 g/mol. The number of aryl methyl sites for hydroxylation is 1.